The van der Waals surface area contributed by atoms with Gasteiger partial charge in [0.15, 0.2) is 0 Å². The van der Waals surface area contributed by atoms with Crippen LogP contribution in [0.15, 0.2) is 30.5 Å². The van der Waals surface area contributed by atoms with Crippen molar-refractivity contribution < 1.29 is 9.90 Å². The average Bonchev–Trinajstić information content (AvgIpc) is 3.09. The minimum absolute atomic E-state index is 0.0344. The molecule has 4 rings (SSSR count). The molecule has 2 aliphatic heterocycles. The molecule has 2 saturated heterocycles. The number of nitrogens with one attached hydrogen (secondary N) is 2. The number of benzene rings is 1. The second-order valence-corrected chi connectivity index (χ2v) is 6.80. The van der Waals surface area contributed by atoms with Gasteiger partial charge in [0.1, 0.15) is 0 Å². The quantitative estimate of drug-likeness (QED) is 0.814. The molecule has 5 heteroatoms. The Balaban J connectivity index is 1.33. The van der Waals surface area contributed by atoms with Crippen LogP contribution in [-0.4, -0.2) is 45.8 Å². The highest BCUT2D eigenvalue weighted by Crippen LogP contribution is 2.35. The number of piperidine rings is 1. The summed E-state index contributed by atoms with van der Waals surface area (Å²) >= 11 is 0. The lowest BCUT2D eigenvalue weighted by Crippen LogP contribution is -2.52. The van der Waals surface area contributed by atoms with Gasteiger partial charge in [-0.25, -0.2) is 4.79 Å². The van der Waals surface area contributed by atoms with E-state index in [1.807, 2.05) is 11.1 Å². The molecule has 2 aliphatic rings. The first-order valence-electron chi connectivity index (χ1n) is 8.51. The van der Waals surface area contributed by atoms with Crippen molar-refractivity contribution >= 4 is 16.9 Å². The fourth-order valence-corrected chi connectivity index (χ4v) is 4.14. The molecule has 3 heterocycles. The van der Waals surface area contributed by atoms with E-state index < -0.39 is 0 Å². The maximum Gasteiger partial charge on any atom is 0.317 e. The molecule has 23 heavy (non-hydrogen) atoms. The van der Waals surface area contributed by atoms with Crippen LogP contribution >= 0.6 is 0 Å². The van der Waals surface area contributed by atoms with E-state index in [-0.39, 0.29) is 24.2 Å². The number of amides is 2. The Bertz CT molecular complexity index is 697. The van der Waals surface area contributed by atoms with Crippen LogP contribution in [0.25, 0.3) is 10.9 Å². The molecular formula is C18H23N3O2. The molecule has 2 bridgehead atoms. The maximum absolute atomic E-state index is 12.5. The Morgan fingerprint density at radius 1 is 1.26 bits per heavy atom. The van der Waals surface area contributed by atoms with Crippen LogP contribution in [0.1, 0.15) is 31.2 Å². The fraction of sp³-hybridized carbons (Fsp3) is 0.500. The molecule has 0 radical (unpaired) electrons. The smallest absolute Gasteiger partial charge is 0.317 e. The van der Waals surface area contributed by atoms with Gasteiger partial charge in [-0.3, -0.25) is 0 Å². The summed E-state index contributed by atoms with van der Waals surface area (Å²) in [5.74, 6) is 0. The molecule has 2 aromatic rings. The van der Waals surface area contributed by atoms with Gasteiger partial charge in [-0.05, 0) is 61.3 Å². The van der Waals surface area contributed by atoms with Crippen LogP contribution in [0.4, 0.5) is 4.79 Å². The van der Waals surface area contributed by atoms with E-state index >= 15 is 0 Å². The highest BCUT2D eigenvalue weighted by molar-refractivity contribution is 5.80. The van der Waals surface area contributed by atoms with Gasteiger partial charge < -0.3 is 20.3 Å². The van der Waals surface area contributed by atoms with Gasteiger partial charge >= 0.3 is 6.03 Å². The first-order valence-corrected chi connectivity index (χ1v) is 8.51. The third kappa shape index (κ3) is 2.81. The summed E-state index contributed by atoms with van der Waals surface area (Å²) in [6.07, 6.45) is 6.06. The van der Waals surface area contributed by atoms with Gasteiger partial charge in [0.2, 0.25) is 0 Å². The Morgan fingerprint density at radius 2 is 2.04 bits per heavy atom. The van der Waals surface area contributed by atoms with Crippen molar-refractivity contribution in [1.82, 2.24) is 15.2 Å². The molecule has 122 valence electrons. The van der Waals surface area contributed by atoms with Crippen LogP contribution in [0, 0.1) is 0 Å². The highest BCUT2D eigenvalue weighted by Gasteiger charge is 2.42. The average molecular weight is 313 g/mol. The van der Waals surface area contributed by atoms with E-state index in [2.05, 4.69) is 34.6 Å². The zero-order valence-electron chi connectivity index (χ0n) is 13.2. The van der Waals surface area contributed by atoms with Crippen LogP contribution < -0.4 is 5.32 Å². The second kappa shape index (κ2) is 5.89. The number of nitrogens with zero attached hydrogens (tertiary/aromatic N) is 1. The molecule has 2 fully saturated rings. The van der Waals surface area contributed by atoms with E-state index in [1.54, 1.807) is 0 Å². The number of carbonyl (C=O) groups excluding carboxylic acids is 1. The SMILES string of the molecule is O=C(NCCc1ccc2[nH]ccc2c1)N1C2CCC1CC(O)C2. The number of H-pyrrole nitrogens is 1. The molecule has 0 saturated carbocycles. The van der Waals surface area contributed by atoms with E-state index in [1.165, 1.54) is 10.9 Å². The van der Waals surface area contributed by atoms with Crippen molar-refractivity contribution in [3.63, 3.8) is 0 Å². The minimum atomic E-state index is -0.232. The van der Waals surface area contributed by atoms with Gasteiger partial charge in [0.25, 0.3) is 0 Å². The van der Waals surface area contributed by atoms with Gasteiger partial charge in [-0.1, -0.05) is 6.07 Å². The lowest BCUT2D eigenvalue weighted by Gasteiger charge is -2.37. The van der Waals surface area contributed by atoms with E-state index in [4.69, 9.17) is 0 Å². The number of urea groups is 1. The topological polar surface area (TPSA) is 68.4 Å². The molecule has 2 atom stereocenters. The van der Waals surface area contributed by atoms with Crippen LogP contribution in [0.5, 0.6) is 0 Å². The van der Waals surface area contributed by atoms with Crippen molar-refractivity contribution in [2.45, 2.75) is 50.3 Å². The number of aromatic amines is 1. The molecule has 3 N–H and O–H groups in total. The zero-order chi connectivity index (χ0) is 15.8. The molecule has 0 aliphatic carbocycles. The van der Waals surface area contributed by atoms with Crippen molar-refractivity contribution in [1.29, 1.82) is 0 Å². The summed E-state index contributed by atoms with van der Waals surface area (Å²) < 4.78 is 0. The Labute approximate surface area is 135 Å². The van der Waals surface area contributed by atoms with Gasteiger partial charge in [-0.2, -0.15) is 0 Å². The van der Waals surface area contributed by atoms with Crippen LogP contribution in [-0.2, 0) is 6.42 Å². The summed E-state index contributed by atoms with van der Waals surface area (Å²) in [7, 11) is 0. The first kappa shape index (κ1) is 14.6. The third-order valence-electron chi connectivity index (χ3n) is 5.25. The lowest BCUT2D eigenvalue weighted by molar-refractivity contribution is 0.0543. The molecule has 2 unspecified atom stereocenters. The summed E-state index contributed by atoms with van der Waals surface area (Å²) in [6, 6.07) is 8.89. The summed E-state index contributed by atoms with van der Waals surface area (Å²) in [5, 5.41) is 14.1. The van der Waals surface area contributed by atoms with Gasteiger partial charge in [-0.15, -0.1) is 0 Å². The van der Waals surface area contributed by atoms with E-state index in [0.29, 0.717) is 6.54 Å². The summed E-state index contributed by atoms with van der Waals surface area (Å²) in [4.78, 5) is 17.6. The lowest BCUT2D eigenvalue weighted by atomic mass is 10.0. The fourth-order valence-electron chi connectivity index (χ4n) is 4.14. The largest absolute Gasteiger partial charge is 0.393 e. The maximum atomic E-state index is 12.5. The first-order chi connectivity index (χ1) is 11.2. The van der Waals surface area contributed by atoms with Crippen molar-refractivity contribution in [3.8, 4) is 0 Å². The number of carbonyl (C=O) groups is 1. The number of rotatable bonds is 3. The molecule has 5 nitrogen and oxygen atoms in total. The van der Waals surface area contributed by atoms with Crippen LogP contribution in [0.3, 0.4) is 0 Å². The van der Waals surface area contributed by atoms with E-state index in [0.717, 1.165) is 37.6 Å². The number of aliphatic hydroxyl groups excluding tert-OH is 1. The minimum Gasteiger partial charge on any atom is -0.393 e. The van der Waals surface area contributed by atoms with Crippen molar-refractivity contribution in [2.75, 3.05) is 6.54 Å². The molecule has 1 aromatic carbocycles. The Hall–Kier alpha value is -2.01. The zero-order valence-corrected chi connectivity index (χ0v) is 13.2. The number of fused-ring (bicyclic) bond motifs is 3. The normalized spacial score (nSPS) is 26.7. The molecule has 2 amide bonds. The molecule has 1 aromatic heterocycles. The van der Waals surface area contributed by atoms with E-state index in [9.17, 15) is 9.90 Å². The number of hydrogen-bond acceptors (Lipinski definition) is 2. The van der Waals surface area contributed by atoms with Gasteiger partial charge in [0, 0.05) is 30.3 Å². The molecular weight excluding hydrogens is 290 g/mol. The number of aliphatic hydroxyl groups is 1. The predicted molar refractivity (Wildman–Crippen MR) is 89.3 cm³/mol. The highest BCUT2D eigenvalue weighted by atomic mass is 16.3. The van der Waals surface area contributed by atoms with Crippen molar-refractivity contribution in [3.05, 3.63) is 36.0 Å². The number of hydrogen-bond donors (Lipinski definition) is 3. The standard InChI is InChI=1S/C18H23N3O2/c22-16-10-14-2-3-15(11-16)21(14)18(23)20-7-5-12-1-4-17-13(9-12)6-8-19-17/h1,4,6,8-9,14-16,19,22H,2-3,5,7,10-11H2,(H,20,23). The Kier molecular flexibility index (Phi) is 3.73. The number of aromatic nitrogens is 1. The second-order valence-electron chi connectivity index (χ2n) is 6.80. The van der Waals surface area contributed by atoms with Crippen molar-refractivity contribution in [2.24, 2.45) is 0 Å². The monoisotopic (exact) mass is 313 g/mol. The summed E-state index contributed by atoms with van der Waals surface area (Å²) in [5.41, 5.74) is 2.37. The van der Waals surface area contributed by atoms with Gasteiger partial charge in [0.05, 0.1) is 6.10 Å². The predicted octanol–water partition coefficient (Wildman–Crippen LogP) is 2.41. The summed E-state index contributed by atoms with van der Waals surface area (Å²) in [6.45, 7) is 0.646. The molecule has 0 spiro atoms. The van der Waals surface area contributed by atoms with Crippen LogP contribution in [0.2, 0.25) is 0 Å². The third-order valence-corrected chi connectivity index (χ3v) is 5.25. The Morgan fingerprint density at radius 3 is 2.83 bits per heavy atom.